The van der Waals surface area contributed by atoms with Crippen molar-refractivity contribution in [2.45, 2.75) is 13.1 Å². The van der Waals surface area contributed by atoms with Crippen molar-refractivity contribution in [1.29, 1.82) is 0 Å². The van der Waals surface area contributed by atoms with E-state index in [2.05, 4.69) is 31.6 Å². The smallest absolute Gasteiger partial charge is 0.133 e. The van der Waals surface area contributed by atoms with Crippen LogP contribution in [0.25, 0.3) is 0 Å². The van der Waals surface area contributed by atoms with Crippen molar-refractivity contribution >= 4 is 15.9 Å². The van der Waals surface area contributed by atoms with Crippen LogP contribution in [0.1, 0.15) is 5.69 Å². The SMILES string of the molecule is CNCc1cn(CCOc2ccc(F)cc2Br)nn1. The van der Waals surface area contributed by atoms with Crippen molar-refractivity contribution in [2.24, 2.45) is 0 Å². The second kappa shape index (κ2) is 6.63. The van der Waals surface area contributed by atoms with Gasteiger partial charge in [-0.1, -0.05) is 5.21 Å². The van der Waals surface area contributed by atoms with Gasteiger partial charge in [0.25, 0.3) is 0 Å². The van der Waals surface area contributed by atoms with E-state index in [0.717, 1.165) is 5.69 Å². The molecule has 0 bridgehead atoms. The predicted octanol–water partition coefficient (Wildman–Crippen LogP) is 1.98. The highest BCUT2D eigenvalue weighted by atomic mass is 79.9. The molecule has 5 nitrogen and oxygen atoms in total. The number of halogens is 2. The van der Waals surface area contributed by atoms with Crippen molar-refractivity contribution in [3.05, 3.63) is 40.4 Å². The van der Waals surface area contributed by atoms with Crippen molar-refractivity contribution in [2.75, 3.05) is 13.7 Å². The molecule has 2 aromatic rings. The third-order valence-electron chi connectivity index (χ3n) is 2.42. The zero-order valence-corrected chi connectivity index (χ0v) is 12.0. The zero-order chi connectivity index (χ0) is 13.7. The van der Waals surface area contributed by atoms with Gasteiger partial charge in [-0.25, -0.2) is 9.07 Å². The summed E-state index contributed by atoms with van der Waals surface area (Å²) in [6, 6.07) is 4.32. The second-order valence-corrected chi connectivity index (χ2v) is 4.78. The summed E-state index contributed by atoms with van der Waals surface area (Å²) >= 11 is 3.25. The first-order valence-corrected chi connectivity index (χ1v) is 6.60. The first-order chi connectivity index (χ1) is 9.19. The average molecular weight is 329 g/mol. The van der Waals surface area contributed by atoms with Crippen LogP contribution < -0.4 is 10.1 Å². The van der Waals surface area contributed by atoms with Gasteiger partial charge in [0.15, 0.2) is 0 Å². The Hall–Kier alpha value is -1.47. The summed E-state index contributed by atoms with van der Waals surface area (Å²) in [7, 11) is 1.86. The first kappa shape index (κ1) is 14.0. The number of ether oxygens (including phenoxy) is 1. The monoisotopic (exact) mass is 328 g/mol. The molecule has 0 spiro atoms. The van der Waals surface area contributed by atoms with Crippen LogP contribution in [-0.2, 0) is 13.1 Å². The fourth-order valence-corrected chi connectivity index (χ4v) is 2.02. The Morgan fingerprint density at radius 2 is 2.32 bits per heavy atom. The molecule has 0 saturated carbocycles. The van der Waals surface area contributed by atoms with Gasteiger partial charge in [-0.3, -0.25) is 0 Å². The quantitative estimate of drug-likeness (QED) is 0.881. The van der Waals surface area contributed by atoms with Gasteiger partial charge < -0.3 is 10.1 Å². The summed E-state index contributed by atoms with van der Waals surface area (Å²) in [4.78, 5) is 0. The predicted molar refractivity (Wildman–Crippen MR) is 72.4 cm³/mol. The molecule has 1 aromatic carbocycles. The molecule has 0 saturated heterocycles. The third kappa shape index (κ3) is 4.00. The number of hydrogen-bond donors (Lipinski definition) is 1. The largest absolute Gasteiger partial charge is 0.490 e. The van der Waals surface area contributed by atoms with E-state index in [4.69, 9.17) is 4.74 Å². The second-order valence-electron chi connectivity index (χ2n) is 3.93. The molecule has 0 atom stereocenters. The lowest BCUT2D eigenvalue weighted by atomic mass is 10.3. The molecule has 1 heterocycles. The number of benzene rings is 1. The molecule has 1 aromatic heterocycles. The van der Waals surface area contributed by atoms with Crippen LogP contribution in [0.3, 0.4) is 0 Å². The molecule has 7 heteroatoms. The van der Waals surface area contributed by atoms with E-state index in [9.17, 15) is 4.39 Å². The summed E-state index contributed by atoms with van der Waals surface area (Å²) in [5.74, 6) is 0.309. The lowest BCUT2D eigenvalue weighted by molar-refractivity contribution is 0.287. The standard InChI is InChI=1S/C12H14BrFN4O/c1-15-7-10-8-18(17-16-10)4-5-19-12-3-2-9(14)6-11(12)13/h2-3,6,8,15H,4-5,7H2,1H3. The van der Waals surface area contributed by atoms with Gasteiger partial charge in [0.1, 0.15) is 18.2 Å². The molecule has 0 unspecified atom stereocenters. The maximum Gasteiger partial charge on any atom is 0.133 e. The molecule has 19 heavy (non-hydrogen) atoms. The average Bonchev–Trinajstić information content (AvgIpc) is 2.80. The molecule has 0 aliphatic heterocycles. The van der Waals surface area contributed by atoms with E-state index in [1.54, 1.807) is 10.7 Å². The third-order valence-corrected chi connectivity index (χ3v) is 3.04. The van der Waals surface area contributed by atoms with E-state index in [1.165, 1.54) is 12.1 Å². The number of hydrogen-bond acceptors (Lipinski definition) is 4. The Labute approximate surface area is 118 Å². The number of rotatable bonds is 6. The summed E-state index contributed by atoms with van der Waals surface area (Å²) < 4.78 is 20.8. The van der Waals surface area contributed by atoms with Crippen LogP contribution in [0.2, 0.25) is 0 Å². The van der Waals surface area contributed by atoms with E-state index in [1.807, 2.05) is 13.2 Å². The van der Waals surface area contributed by atoms with Gasteiger partial charge in [0.05, 0.1) is 16.7 Å². The summed E-state index contributed by atoms with van der Waals surface area (Å²) in [5, 5.41) is 11.0. The fourth-order valence-electron chi connectivity index (χ4n) is 1.55. The fraction of sp³-hybridized carbons (Fsp3) is 0.333. The maximum atomic E-state index is 12.9. The maximum absolute atomic E-state index is 12.9. The first-order valence-electron chi connectivity index (χ1n) is 5.80. The minimum absolute atomic E-state index is 0.299. The molecule has 2 rings (SSSR count). The van der Waals surface area contributed by atoms with E-state index >= 15 is 0 Å². The Morgan fingerprint density at radius 3 is 3.05 bits per heavy atom. The Bertz CT molecular complexity index is 546. The molecule has 0 aliphatic carbocycles. The van der Waals surface area contributed by atoms with Crippen molar-refractivity contribution < 1.29 is 9.13 Å². The highest BCUT2D eigenvalue weighted by Crippen LogP contribution is 2.25. The number of nitrogens with one attached hydrogen (secondary N) is 1. The molecule has 0 radical (unpaired) electrons. The van der Waals surface area contributed by atoms with E-state index < -0.39 is 0 Å². The molecular formula is C12H14BrFN4O. The normalized spacial score (nSPS) is 10.7. The molecule has 1 N–H and O–H groups in total. The van der Waals surface area contributed by atoms with Crippen LogP contribution in [0, 0.1) is 5.82 Å². The van der Waals surface area contributed by atoms with Crippen LogP contribution in [0.4, 0.5) is 4.39 Å². The molecule has 0 aliphatic rings. The van der Waals surface area contributed by atoms with Crippen molar-refractivity contribution in [3.63, 3.8) is 0 Å². The lowest BCUT2D eigenvalue weighted by Crippen LogP contribution is -2.09. The lowest BCUT2D eigenvalue weighted by Gasteiger charge is -2.07. The Kier molecular flexibility index (Phi) is 4.86. The van der Waals surface area contributed by atoms with Gasteiger partial charge in [0, 0.05) is 12.7 Å². The molecule has 0 amide bonds. The molecular weight excluding hydrogens is 315 g/mol. The summed E-state index contributed by atoms with van der Waals surface area (Å²) in [6.45, 7) is 1.71. The summed E-state index contributed by atoms with van der Waals surface area (Å²) in [5.41, 5.74) is 0.880. The van der Waals surface area contributed by atoms with Gasteiger partial charge in [0.2, 0.25) is 0 Å². The molecule has 0 fully saturated rings. The Morgan fingerprint density at radius 1 is 1.47 bits per heavy atom. The van der Waals surface area contributed by atoms with E-state index in [-0.39, 0.29) is 5.82 Å². The van der Waals surface area contributed by atoms with Crippen LogP contribution in [-0.4, -0.2) is 28.6 Å². The highest BCUT2D eigenvalue weighted by molar-refractivity contribution is 9.10. The minimum atomic E-state index is -0.299. The van der Waals surface area contributed by atoms with Crippen molar-refractivity contribution in [1.82, 2.24) is 20.3 Å². The minimum Gasteiger partial charge on any atom is -0.490 e. The van der Waals surface area contributed by atoms with Gasteiger partial charge in [-0.15, -0.1) is 5.10 Å². The van der Waals surface area contributed by atoms with E-state index in [0.29, 0.717) is 29.9 Å². The Balaban J connectivity index is 1.85. The van der Waals surface area contributed by atoms with Crippen LogP contribution in [0.15, 0.2) is 28.9 Å². The van der Waals surface area contributed by atoms with Crippen LogP contribution >= 0.6 is 15.9 Å². The van der Waals surface area contributed by atoms with Gasteiger partial charge in [-0.05, 0) is 41.2 Å². The van der Waals surface area contributed by atoms with Crippen LogP contribution in [0.5, 0.6) is 5.75 Å². The van der Waals surface area contributed by atoms with Gasteiger partial charge in [-0.2, -0.15) is 0 Å². The van der Waals surface area contributed by atoms with Crippen molar-refractivity contribution in [3.8, 4) is 5.75 Å². The zero-order valence-electron chi connectivity index (χ0n) is 10.4. The van der Waals surface area contributed by atoms with Gasteiger partial charge >= 0.3 is 0 Å². The number of nitrogens with zero attached hydrogens (tertiary/aromatic N) is 3. The summed E-state index contributed by atoms with van der Waals surface area (Å²) in [6.07, 6.45) is 1.86. The topological polar surface area (TPSA) is 52.0 Å². The molecule has 102 valence electrons. The number of aromatic nitrogens is 3. The highest BCUT2D eigenvalue weighted by Gasteiger charge is 2.03.